The van der Waals surface area contributed by atoms with Gasteiger partial charge in [-0.1, -0.05) is 12.1 Å². The highest BCUT2D eigenvalue weighted by Gasteiger charge is 2.25. The average molecular weight is 382 g/mol. The van der Waals surface area contributed by atoms with Crippen LogP contribution in [-0.2, 0) is 11.3 Å². The Morgan fingerprint density at radius 1 is 1.11 bits per heavy atom. The lowest BCUT2D eigenvalue weighted by molar-refractivity contribution is 0.0742. The highest BCUT2D eigenvalue weighted by atomic mass is 19.1. The highest BCUT2D eigenvalue weighted by Crippen LogP contribution is 2.37. The summed E-state index contributed by atoms with van der Waals surface area (Å²) < 4.78 is 34.4. The first-order valence-corrected chi connectivity index (χ1v) is 9.57. The maximum absolute atomic E-state index is 14.9. The monoisotopic (exact) mass is 382 g/mol. The molecule has 2 aliphatic heterocycles. The standard InChI is InChI=1S/C22H20F2N2O2/c23-14-7-16-20(27)11-28-10-17-21(16)19(8-14)26-22(17)12-3-4-15(18(24)6-12)13-2-1-5-25-9-13/h3-4,6-8,13,25-26H,1-2,5,9-11H2/t13-/m0/s1. The number of Topliss-reactive ketones (excluding diaryl/α,β-unsaturated/α-hetero) is 1. The minimum Gasteiger partial charge on any atom is -0.369 e. The lowest BCUT2D eigenvalue weighted by atomic mass is 9.90. The molecule has 0 saturated carbocycles. The van der Waals surface area contributed by atoms with E-state index in [1.807, 2.05) is 12.1 Å². The number of H-pyrrole nitrogens is 1. The predicted molar refractivity (Wildman–Crippen MR) is 102 cm³/mol. The van der Waals surface area contributed by atoms with Crippen molar-refractivity contribution in [2.24, 2.45) is 0 Å². The molecule has 0 amide bonds. The van der Waals surface area contributed by atoms with Crippen LogP contribution in [-0.4, -0.2) is 30.5 Å². The summed E-state index contributed by atoms with van der Waals surface area (Å²) in [6.45, 7) is 1.89. The minimum atomic E-state index is -0.483. The van der Waals surface area contributed by atoms with Crippen molar-refractivity contribution in [3.05, 3.63) is 58.7 Å². The largest absolute Gasteiger partial charge is 0.369 e. The number of ether oxygens (including phenoxy) is 1. The van der Waals surface area contributed by atoms with E-state index in [1.54, 1.807) is 0 Å². The van der Waals surface area contributed by atoms with Crippen molar-refractivity contribution in [3.63, 3.8) is 0 Å². The van der Waals surface area contributed by atoms with Crippen molar-refractivity contribution >= 4 is 16.7 Å². The Kier molecular flexibility index (Phi) is 4.25. The fourth-order valence-corrected chi connectivity index (χ4v) is 4.43. The fourth-order valence-electron chi connectivity index (χ4n) is 4.43. The van der Waals surface area contributed by atoms with Crippen LogP contribution in [0.5, 0.6) is 0 Å². The normalized spacial score (nSPS) is 19.8. The van der Waals surface area contributed by atoms with Crippen LogP contribution in [0.4, 0.5) is 8.78 Å². The van der Waals surface area contributed by atoms with E-state index in [0.717, 1.165) is 37.1 Å². The Balaban J connectivity index is 1.63. The van der Waals surface area contributed by atoms with Crippen LogP contribution in [0.15, 0.2) is 30.3 Å². The van der Waals surface area contributed by atoms with E-state index in [-0.39, 0.29) is 30.7 Å². The molecular weight excluding hydrogens is 362 g/mol. The molecule has 0 unspecified atom stereocenters. The number of aromatic amines is 1. The fraction of sp³-hybridized carbons (Fsp3) is 0.318. The maximum Gasteiger partial charge on any atom is 0.189 e. The number of hydrogen-bond donors (Lipinski definition) is 2. The van der Waals surface area contributed by atoms with Crippen LogP contribution >= 0.6 is 0 Å². The predicted octanol–water partition coefficient (Wildman–Crippen LogP) is 4.29. The van der Waals surface area contributed by atoms with Gasteiger partial charge in [0, 0.05) is 34.1 Å². The second kappa shape index (κ2) is 6.79. The zero-order chi connectivity index (χ0) is 19.3. The molecule has 1 atom stereocenters. The first-order valence-electron chi connectivity index (χ1n) is 9.57. The first kappa shape index (κ1) is 17.5. The number of halogens is 2. The molecule has 0 bridgehead atoms. The summed E-state index contributed by atoms with van der Waals surface area (Å²) in [5.74, 6) is -0.800. The second-order valence-corrected chi connectivity index (χ2v) is 7.55. The van der Waals surface area contributed by atoms with Gasteiger partial charge >= 0.3 is 0 Å². The van der Waals surface area contributed by atoms with Crippen LogP contribution < -0.4 is 5.32 Å². The first-order chi connectivity index (χ1) is 13.6. The van der Waals surface area contributed by atoms with Gasteiger partial charge in [0.05, 0.1) is 12.3 Å². The zero-order valence-electron chi connectivity index (χ0n) is 15.3. The summed E-state index contributed by atoms with van der Waals surface area (Å²) in [5.41, 5.74) is 3.66. The minimum absolute atomic E-state index is 0.0886. The number of aromatic nitrogens is 1. The summed E-state index contributed by atoms with van der Waals surface area (Å²) in [6, 6.07) is 7.86. The number of rotatable bonds is 2. The van der Waals surface area contributed by atoms with Crippen molar-refractivity contribution in [1.29, 1.82) is 0 Å². The third-order valence-corrected chi connectivity index (χ3v) is 5.77. The SMILES string of the molecule is O=C1COCc2c(-c3ccc([C@H]4CCCNC4)c(F)c3)[nH]c3cc(F)cc1c23. The molecule has 3 aromatic rings. The van der Waals surface area contributed by atoms with Gasteiger partial charge in [0.1, 0.15) is 18.2 Å². The molecule has 2 N–H and O–H groups in total. The Morgan fingerprint density at radius 2 is 2.00 bits per heavy atom. The highest BCUT2D eigenvalue weighted by molar-refractivity contribution is 6.11. The Hall–Kier alpha value is -2.57. The molecule has 144 valence electrons. The molecule has 2 aromatic carbocycles. The van der Waals surface area contributed by atoms with E-state index in [1.165, 1.54) is 18.2 Å². The van der Waals surface area contributed by atoms with Crippen LogP contribution in [0.2, 0.25) is 0 Å². The topological polar surface area (TPSA) is 54.1 Å². The van der Waals surface area contributed by atoms with Gasteiger partial charge in [0.2, 0.25) is 0 Å². The van der Waals surface area contributed by atoms with Gasteiger partial charge < -0.3 is 15.0 Å². The Morgan fingerprint density at radius 3 is 2.79 bits per heavy atom. The zero-order valence-corrected chi connectivity index (χ0v) is 15.3. The van der Waals surface area contributed by atoms with Crippen molar-refractivity contribution in [3.8, 4) is 11.3 Å². The lowest BCUT2D eigenvalue weighted by Crippen LogP contribution is -2.28. The lowest BCUT2D eigenvalue weighted by Gasteiger charge is -2.23. The van der Waals surface area contributed by atoms with E-state index in [4.69, 9.17) is 4.74 Å². The van der Waals surface area contributed by atoms with Gasteiger partial charge in [-0.25, -0.2) is 8.78 Å². The Labute approximate surface area is 160 Å². The molecule has 5 rings (SSSR count). The molecule has 0 spiro atoms. The molecule has 28 heavy (non-hydrogen) atoms. The van der Waals surface area contributed by atoms with Crippen molar-refractivity contribution in [2.75, 3.05) is 19.7 Å². The van der Waals surface area contributed by atoms with E-state index in [9.17, 15) is 13.6 Å². The number of ketones is 1. The third kappa shape index (κ3) is 2.84. The molecule has 6 heteroatoms. The third-order valence-electron chi connectivity index (χ3n) is 5.77. The smallest absolute Gasteiger partial charge is 0.189 e. The van der Waals surface area contributed by atoms with E-state index in [2.05, 4.69) is 10.3 Å². The molecule has 0 aliphatic carbocycles. The van der Waals surface area contributed by atoms with Crippen LogP contribution in [0, 0.1) is 11.6 Å². The molecule has 1 fully saturated rings. The summed E-state index contributed by atoms with van der Waals surface area (Å²) in [7, 11) is 0. The van der Waals surface area contributed by atoms with Crippen LogP contribution in [0.3, 0.4) is 0 Å². The van der Waals surface area contributed by atoms with Crippen molar-refractivity contribution in [1.82, 2.24) is 10.3 Å². The second-order valence-electron chi connectivity index (χ2n) is 7.55. The van der Waals surface area contributed by atoms with Crippen molar-refractivity contribution in [2.45, 2.75) is 25.4 Å². The summed E-state index contributed by atoms with van der Waals surface area (Å²) in [4.78, 5) is 15.5. The maximum atomic E-state index is 14.9. The van der Waals surface area contributed by atoms with E-state index >= 15 is 0 Å². The summed E-state index contributed by atoms with van der Waals surface area (Å²) >= 11 is 0. The number of piperidine rings is 1. The quantitative estimate of drug-likeness (QED) is 0.695. The van der Waals surface area contributed by atoms with Gasteiger partial charge in [-0.2, -0.15) is 0 Å². The van der Waals surface area contributed by atoms with Gasteiger partial charge in [0.15, 0.2) is 5.78 Å². The van der Waals surface area contributed by atoms with Gasteiger partial charge in [-0.3, -0.25) is 4.79 Å². The van der Waals surface area contributed by atoms with Gasteiger partial charge in [-0.05, 0) is 49.1 Å². The molecule has 2 aliphatic rings. The van der Waals surface area contributed by atoms with Gasteiger partial charge in [-0.15, -0.1) is 0 Å². The van der Waals surface area contributed by atoms with E-state index < -0.39 is 5.82 Å². The number of nitrogens with one attached hydrogen (secondary N) is 2. The average Bonchev–Trinajstić information content (AvgIpc) is 2.97. The molecular formula is C22H20F2N2O2. The number of benzene rings is 2. The van der Waals surface area contributed by atoms with Gasteiger partial charge in [0.25, 0.3) is 0 Å². The van der Waals surface area contributed by atoms with E-state index in [0.29, 0.717) is 27.7 Å². The van der Waals surface area contributed by atoms with Crippen LogP contribution in [0.25, 0.3) is 22.2 Å². The molecule has 3 heterocycles. The molecule has 4 nitrogen and oxygen atoms in total. The molecule has 1 saturated heterocycles. The van der Waals surface area contributed by atoms with Crippen LogP contribution in [0.1, 0.15) is 40.2 Å². The number of carbonyl (C=O) groups is 1. The summed E-state index contributed by atoms with van der Waals surface area (Å²) in [5, 5.41) is 3.98. The van der Waals surface area contributed by atoms with Crippen molar-refractivity contribution < 1.29 is 18.3 Å². The molecule has 1 aromatic heterocycles. The molecule has 0 radical (unpaired) electrons. The Bertz CT molecular complexity index is 1080. The summed E-state index contributed by atoms with van der Waals surface area (Å²) in [6.07, 6.45) is 2.01. The number of hydrogen-bond acceptors (Lipinski definition) is 3. The number of carbonyl (C=O) groups excluding carboxylic acids is 1.